The largest absolute Gasteiger partial charge is 0.464 e. The molecule has 7 heteroatoms. The van der Waals surface area contributed by atoms with Crippen molar-refractivity contribution in [3.05, 3.63) is 54.0 Å². The predicted molar refractivity (Wildman–Crippen MR) is 80.1 cm³/mol. The average Bonchev–Trinajstić information content (AvgIpc) is 2.55. The summed E-state index contributed by atoms with van der Waals surface area (Å²) in [4.78, 5) is 28.5. The number of nitrogens with zero attached hydrogens (tertiary/aromatic N) is 1. The van der Waals surface area contributed by atoms with E-state index in [9.17, 15) is 14.0 Å². The van der Waals surface area contributed by atoms with E-state index in [-0.39, 0.29) is 12.4 Å². The average molecular weight is 315 g/mol. The van der Waals surface area contributed by atoms with Gasteiger partial charge in [0.1, 0.15) is 5.82 Å². The van der Waals surface area contributed by atoms with Gasteiger partial charge in [-0.2, -0.15) is 0 Å². The highest BCUT2D eigenvalue weighted by molar-refractivity contribution is 6.15. The number of amides is 2. The van der Waals surface area contributed by atoms with Crippen LogP contribution in [-0.2, 0) is 16.1 Å². The molecule has 1 aliphatic heterocycles. The maximum Gasteiger partial charge on any atom is 0.279 e. The van der Waals surface area contributed by atoms with Crippen molar-refractivity contribution in [2.75, 3.05) is 5.32 Å². The minimum absolute atomic E-state index is 0.0440. The Labute approximate surface area is 131 Å². The van der Waals surface area contributed by atoms with Crippen molar-refractivity contribution in [1.82, 2.24) is 10.3 Å². The number of anilines is 1. The Morgan fingerprint density at radius 2 is 2.13 bits per heavy atom. The normalized spacial score (nSPS) is 19.3. The number of pyridine rings is 1. The molecule has 2 heterocycles. The molecule has 0 fully saturated rings. The van der Waals surface area contributed by atoms with E-state index in [2.05, 4.69) is 15.6 Å². The van der Waals surface area contributed by atoms with Crippen molar-refractivity contribution < 1.29 is 18.7 Å². The molecular weight excluding hydrogens is 301 g/mol. The highest BCUT2D eigenvalue weighted by Gasteiger charge is 2.47. The SMILES string of the molecule is CC1(C(=O)NCc2ccccc2F)Oc2cccnc2NC1=O. The highest BCUT2D eigenvalue weighted by Crippen LogP contribution is 2.31. The van der Waals surface area contributed by atoms with Crippen LogP contribution in [0.3, 0.4) is 0 Å². The third kappa shape index (κ3) is 2.73. The summed E-state index contributed by atoms with van der Waals surface area (Å²) < 4.78 is 19.1. The van der Waals surface area contributed by atoms with Crippen LogP contribution in [-0.4, -0.2) is 22.4 Å². The van der Waals surface area contributed by atoms with E-state index in [1.807, 2.05) is 0 Å². The van der Waals surface area contributed by atoms with Gasteiger partial charge in [-0.15, -0.1) is 0 Å². The summed E-state index contributed by atoms with van der Waals surface area (Å²) in [5.74, 6) is -1.16. The molecule has 2 amide bonds. The van der Waals surface area contributed by atoms with Crippen molar-refractivity contribution in [3.63, 3.8) is 0 Å². The van der Waals surface area contributed by atoms with Crippen LogP contribution in [0.5, 0.6) is 5.75 Å². The number of carbonyl (C=O) groups excluding carboxylic acids is 2. The molecule has 1 aromatic heterocycles. The summed E-state index contributed by atoms with van der Waals surface area (Å²) >= 11 is 0. The molecule has 6 nitrogen and oxygen atoms in total. The van der Waals surface area contributed by atoms with Crippen LogP contribution in [0.4, 0.5) is 10.2 Å². The van der Waals surface area contributed by atoms with Gasteiger partial charge in [0.15, 0.2) is 11.6 Å². The third-order valence-corrected chi connectivity index (χ3v) is 3.58. The van der Waals surface area contributed by atoms with Gasteiger partial charge in [-0.1, -0.05) is 18.2 Å². The summed E-state index contributed by atoms with van der Waals surface area (Å²) in [6.45, 7) is 1.31. The molecule has 1 aromatic carbocycles. The van der Waals surface area contributed by atoms with Crippen molar-refractivity contribution >= 4 is 17.6 Å². The molecule has 2 N–H and O–H groups in total. The number of hydrogen-bond acceptors (Lipinski definition) is 4. The first-order valence-electron chi connectivity index (χ1n) is 6.98. The van der Waals surface area contributed by atoms with Crippen LogP contribution < -0.4 is 15.4 Å². The molecule has 0 saturated carbocycles. The molecular formula is C16H14FN3O3. The summed E-state index contributed by atoms with van der Waals surface area (Å²) in [5, 5.41) is 5.06. The van der Waals surface area contributed by atoms with Gasteiger partial charge in [-0.05, 0) is 25.1 Å². The topological polar surface area (TPSA) is 80.3 Å². The molecule has 0 saturated heterocycles. The van der Waals surface area contributed by atoms with E-state index in [1.165, 1.54) is 19.2 Å². The monoisotopic (exact) mass is 315 g/mol. The highest BCUT2D eigenvalue weighted by atomic mass is 19.1. The van der Waals surface area contributed by atoms with Crippen molar-refractivity contribution in [2.24, 2.45) is 0 Å². The van der Waals surface area contributed by atoms with Crippen LogP contribution in [0.25, 0.3) is 0 Å². The lowest BCUT2D eigenvalue weighted by Gasteiger charge is -2.32. The lowest BCUT2D eigenvalue weighted by atomic mass is 10.0. The Morgan fingerprint density at radius 1 is 1.35 bits per heavy atom. The Morgan fingerprint density at radius 3 is 2.91 bits per heavy atom. The lowest BCUT2D eigenvalue weighted by molar-refractivity contribution is -0.146. The van der Waals surface area contributed by atoms with Gasteiger partial charge >= 0.3 is 0 Å². The standard InChI is InChI=1S/C16H14FN3O3/c1-16(14(21)19-9-10-5-2-3-6-11(10)17)15(22)20-13-12(23-16)7-4-8-18-13/h2-8H,9H2,1H3,(H,19,21)(H,18,20,22). The van der Waals surface area contributed by atoms with Crippen LogP contribution in [0, 0.1) is 5.82 Å². The number of benzene rings is 1. The van der Waals surface area contributed by atoms with E-state index in [0.29, 0.717) is 11.3 Å². The molecule has 0 bridgehead atoms. The smallest absolute Gasteiger partial charge is 0.279 e. The minimum atomic E-state index is -1.75. The van der Waals surface area contributed by atoms with Crippen molar-refractivity contribution in [2.45, 2.75) is 19.1 Å². The fraction of sp³-hybridized carbons (Fsp3) is 0.188. The van der Waals surface area contributed by atoms with E-state index < -0.39 is 23.2 Å². The molecule has 1 aliphatic rings. The van der Waals surface area contributed by atoms with Crippen LogP contribution in [0.15, 0.2) is 42.6 Å². The Hall–Kier alpha value is -2.96. The van der Waals surface area contributed by atoms with Gasteiger partial charge in [0.2, 0.25) is 0 Å². The molecule has 0 spiro atoms. The number of fused-ring (bicyclic) bond motifs is 1. The second-order valence-corrected chi connectivity index (χ2v) is 5.21. The van der Waals surface area contributed by atoms with Crippen LogP contribution in [0.2, 0.25) is 0 Å². The number of carbonyl (C=O) groups is 2. The third-order valence-electron chi connectivity index (χ3n) is 3.58. The maximum atomic E-state index is 13.6. The van der Waals surface area contributed by atoms with E-state index in [1.54, 1.807) is 30.3 Å². The zero-order valence-corrected chi connectivity index (χ0v) is 12.3. The summed E-state index contributed by atoms with van der Waals surface area (Å²) in [5.41, 5.74) is -1.43. The van der Waals surface area contributed by atoms with Crippen molar-refractivity contribution in [1.29, 1.82) is 0 Å². The van der Waals surface area contributed by atoms with Gasteiger partial charge in [-0.3, -0.25) is 9.59 Å². The van der Waals surface area contributed by atoms with Gasteiger partial charge in [0.05, 0.1) is 0 Å². The van der Waals surface area contributed by atoms with Gasteiger partial charge in [-0.25, -0.2) is 9.37 Å². The van der Waals surface area contributed by atoms with Gasteiger partial charge < -0.3 is 15.4 Å². The number of hydrogen-bond donors (Lipinski definition) is 2. The molecule has 3 rings (SSSR count). The predicted octanol–water partition coefficient (Wildman–Crippen LogP) is 1.63. The minimum Gasteiger partial charge on any atom is -0.464 e. The molecule has 23 heavy (non-hydrogen) atoms. The fourth-order valence-electron chi connectivity index (χ4n) is 2.20. The first-order valence-corrected chi connectivity index (χ1v) is 6.98. The number of ether oxygens (including phenoxy) is 1. The fourth-order valence-corrected chi connectivity index (χ4v) is 2.20. The summed E-state index contributed by atoms with van der Waals surface area (Å²) in [6, 6.07) is 9.31. The molecule has 1 atom stereocenters. The number of aromatic nitrogens is 1. The van der Waals surface area contributed by atoms with Crippen molar-refractivity contribution in [3.8, 4) is 5.75 Å². The maximum absolute atomic E-state index is 13.6. The lowest BCUT2D eigenvalue weighted by Crippen LogP contribution is -2.58. The van der Waals surface area contributed by atoms with E-state index >= 15 is 0 Å². The summed E-state index contributed by atoms with van der Waals surface area (Å²) in [7, 11) is 0. The molecule has 1 unspecified atom stereocenters. The molecule has 0 radical (unpaired) electrons. The Kier molecular flexibility index (Phi) is 3.69. The second-order valence-electron chi connectivity index (χ2n) is 5.21. The molecule has 0 aliphatic carbocycles. The zero-order chi connectivity index (χ0) is 16.4. The summed E-state index contributed by atoms with van der Waals surface area (Å²) in [6.07, 6.45) is 1.50. The zero-order valence-electron chi connectivity index (χ0n) is 12.3. The Bertz CT molecular complexity index is 781. The van der Waals surface area contributed by atoms with Gasteiger partial charge in [0.25, 0.3) is 17.4 Å². The van der Waals surface area contributed by atoms with E-state index in [4.69, 9.17) is 4.74 Å². The van der Waals surface area contributed by atoms with Gasteiger partial charge in [0, 0.05) is 18.3 Å². The molecule has 118 valence electrons. The molecule has 2 aromatic rings. The number of rotatable bonds is 3. The van der Waals surface area contributed by atoms with Crippen LogP contribution in [0.1, 0.15) is 12.5 Å². The number of halogens is 1. The number of nitrogens with one attached hydrogen (secondary N) is 2. The second kappa shape index (κ2) is 5.68. The first-order chi connectivity index (χ1) is 11.0. The first kappa shape index (κ1) is 15.0. The van der Waals surface area contributed by atoms with Crippen LogP contribution >= 0.6 is 0 Å². The van der Waals surface area contributed by atoms with E-state index in [0.717, 1.165) is 0 Å². The quantitative estimate of drug-likeness (QED) is 0.844. The Balaban J connectivity index is 1.76.